The van der Waals surface area contributed by atoms with Gasteiger partial charge in [0.1, 0.15) is 4.90 Å². The van der Waals surface area contributed by atoms with Gasteiger partial charge in [0.2, 0.25) is 0 Å². The van der Waals surface area contributed by atoms with Crippen LogP contribution in [0.4, 0.5) is 11.4 Å². The van der Waals surface area contributed by atoms with Crippen LogP contribution in [0.1, 0.15) is 10.4 Å². The highest BCUT2D eigenvalue weighted by molar-refractivity contribution is 7.92. The highest BCUT2D eigenvalue weighted by Gasteiger charge is 2.21. The minimum atomic E-state index is -4.01. The second-order valence-corrected chi connectivity index (χ2v) is 9.23. The number of carbonyl (C=O) groups is 1. The predicted octanol–water partition coefficient (Wildman–Crippen LogP) is 3.58. The summed E-state index contributed by atoms with van der Waals surface area (Å²) in [6, 6.07) is 17.5. The van der Waals surface area contributed by atoms with Crippen molar-refractivity contribution in [2.75, 3.05) is 10.0 Å². The van der Waals surface area contributed by atoms with Crippen LogP contribution in [-0.4, -0.2) is 23.5 Å². The normalized spacial score (nSPS) is 11.5. The van der Waals surface area contributed by atoms with E-state index >= 15 is 0 Å². The van der Waals surface area contributed by atoms with E-state index in [4.69, 9.17) is 11.6 Å². The maximum absolute atomic E-state index is 12.8. The minimum absolute atomic E-state index is 0.00862. The van der Waals surface area contributed by atoms with E-state index in [2.05, 4.69) is 10.0 Å². The van der Waals surface area contributed by atoms with Crippen LogP contribution in [0.15, 0.2) is 76.4 Å². The Kier molecular flexibility index (Phi) is 5.53. The lowest BCUT2D eigenvalue weighted by Gasteiger charge is -2.11. The third-order valence-electron chi connectivity index (χ3n) is 5.04. The van der Waals surface area contributed by atoms with Crippen molar-refractivity contribution in [2.24, 2.45) is 14.1 Å². The van der Waals surface area contributed by atoms with Crippen molar-refractivity contribution in [1.29, 1.82) is 0 Å². The van der Waals surface area contributed by atoms with Gasteiger partial charge < -0.3 is 5.32 Å². The highest BCUT2D eigenvalue weighted by Crippen LogP contribution is 2.26. The number of benzene rings is 3. The number of hydrogen-bond donors (Lipinski definition) is 2. The number of sulfonamides is 1. The maximum Gasteiger partial charge on any atom is 0.328 e. The van der Waals surface area contributed by atoms with E-state index in [-0.39, 0.29) is 21.2 Å². The van der Waals surface area contributed by atoms with Crippen LogP contribution < -0.4 is 15.7 Å². The average Bonchev–Trinajstić information content (AvgIpc) is 2.98. The van der Waals surface area contributed by atoms with E-state index < -0.39 is 15.9 Å². The largest absolute Gasteiger partial charge is 0.328 e. The lowest BCUT2D eigenvalue weighted by atomic mass is 10.2. The van der Waals surface area contributed by atoms with Crippen LogP contribution >= 0.6 is 11.6 Å². The molecule has 1 heterocycles. The molecule has 0 aliphatic heterocycles. The zero-order valence-corrected chi connectivity index (χ0v) is 18.7. The van der Waals surface area contributed by atoms with Crippen molar-refractivity contribution in [3.63, 3.8) is 0 Å². The molecule has 0 saturated carbocycles. The number of nitrogens with one attached hydrogen (secondary N) is 2. The van der Waals surface area contributed by atoms with Gasteiger partial charge in [-0.1, -0.05) is 29.8 Å². The van der Waals surface area contributed by atoms with Gasteiger partial charge >= 0.3 is 5.69 Å². The summed E-state index contributed by atoms with van der Waals surface area (Å²) in [6.07, 6.45) is 0. The number of anilines is 2. The van der Waals surface area contributed by atoms with E-state index in [9.17, 15) is 18.0 Å². The summed E-state index contributed by atoms with van der Waals surface area (Å²) in [5.74, 6) is -0.516. The molecule has 1 aromatic heterocycles. The quantitative estimate of drug-likeness (QED) is 0.465. The highest BCUT2D eigenvalue weighted by atomic mass is 35.5. The zero-order valence-electron chi connectivity index (χ0n) is 17.2. The summed E-state index contributed by atoms with van der Waals surface area (Å²) in [6.45, 7) is 0. The Balaban J connectivity index is 1.63. The fraction of sp³-hybridized carbons (Fsp3) is 0.0909. The Bertz CT molecular complexity index is 1510. The summed E-state index contributed by atoms with van der Waals surface area (Å²) in [5, 5.41) is 2.72. The van der Waals surface area contributed by atoms with Gasteiger partial charge in [-0.2, -0.15) is 0 Å². The molecule has 10 heteroatoms. The van der Waals surface area contributed by atoms with Crippen LogP contribution in [-0.2, 0) is 24.1 Å². The molecule has 0 atom stereocenters. The Morgan fingerprint density at radius 1 is 0.875 bits per heavy atom. The molecular formula is C22H19ClN4O4S. The van der Waals surface area contributed by atoms with Gasteiger partial charge in [0.05, 0.1) is 16.1 Å². The Hall–Kier alpha value is -3.56. The predicted molar refractivity (Wildman–Crippen MR) is 125 cm³/mol. The lowest BCUT2D eigenvalue weighted by molar-refractivity contribution is 0.102. The maximum atomic E-state index is 12.8. The van der Waals surface area contributed by atoms with Crippen LogP contribution in [0.5, 0.6) is 0 Å². The zero-order chi connectivity index (χ0) is 23.0. The van der Waals surface area contributed by atoms with Gasteiger partial charge in [0, 0.05) is 31.0 Å². The number of para-hydroxylation sites is 1. The summed E-state index contributed by atoms with van der Waals surface area (Å²) in [7, 11) is -0.698. The van der Waals surface area contributed by atoms with Crippen LogP contribution in [0.25, 0.3) is 11.0 Å². The van der Waals surface area contributed by atoms with Crippen LogP contribution in [0, 0.1) is 0 Å². The van der Waals surface area contributed by atoms with Crippen molar-refractivity contribution >= 4 is 49.9 Å². The lowest BCUT2D eigenvalue weighted by Crippen LogP contribution is -2.19. The number of imidazole rings is 1. The second-order valence-electron chi connectivity index (χ2n) is 7.17. The topological polar surface area (TPSA) is 102 Å². The van der Waals surface area contributed by atoms with Crippen molar-refractivity contribution in [1.82, 2.24) is 9.13 Å². The molecule has 0 bridgehead atoms. The molecule has 0 radical (unpaired) electrons. The molecule has 164 valence electrons. The number of aryl methyl sites for hydroxylation is 2. The summed E-state index contributed by atoms with van der Waals surface area (Å²) >= 11 is 6.13. The Morgan fingerprint density at radius 2 is 1.56 bits per heavy atom. The first kappa shape index (κ1) is 21.7. The molecule has 8 nitrogen and oxygen atoms in total. The molecule has 0 fully saturated rings. The Labute approximate surface area is 189 Å². The monoisotopic (exact) mass is 470 g/mol. The van der Waals surface area contributed by atoms with Gasteiger partial charge in [0.15, 0.2) is 0 Å². The third-order valence-corrected chi connectivity index (χ3v) is 6.90. The molecule has 3 aromatic carbocycles. The van der Waals surface area contributed by atoms with E-state index in [1.807, 2.05) is 0 Å². The van der Waals surface area contributed by atoms with E-state index in [1.54, 1.807) is 62.6 Å². The smallest absolute Gasteiger partial charge is 0.322 e. The number of aromatic nitrogens is 2. The first-order chi connectivity index (χ1) is 15.2. The summed E-state index contributed by atoms with van der Waals surface area (Å²) < 4.78 is 31.1. The molecule has 0 aliphatic rings. The number of halogens is 1. The summed E-state index contributed by atoms with van der Waals surface area (Å²) in [5.41, 5.74) is 2.15. The number of fused-ring (bicyclic) bond motifs is 1. The number of nitrogens with zero attached hydrogens (tertiary/aromatic N) is 2. The molecule has 4 aromatic rings. The molecule has 0 spiro atoms. The summed E-state index contributed by atoms with van der Waals surface area (Å²) in [4.78, 5) is 24.7. The molecule has 0 aliphatic carbocycles. The van der Waals surface area contributed by atoms with E-state index in [0.29, 0.717) is 16.9 Å². The van der Waals surface area contributed by atoms with Crippen LogP contribution in [0.2, 0.25) is 5.02 Å². The van der Waals surface area contributed by atoms with Crippen molar-refractivity contribution in [3.8, 4) is 0 Å². The third kappa shape index (κ3) is 4.00. The Morgan fingerprint density at radius 3 is 2.28 bits per heavy atom. The van der Waals surface area contributed by atoms with E-state index in [0.717, 1.165) is 5.52 Å². The van der Waals surface area contributed by atoms with Gasteiger partial charge in [-0.15, -0.1) is 0 Å². The fourth-order valence-corrected chi connectivity index (χ4v) is 4.94. The van der Waals surface area contributed by atoms with Gasteiger partial charge in [-0.05, 0) is 48.5 Å². The number of amides is 1. The molecule has 0 unspecified atom stereocenters. The van der Waals surface area contributed by atoms with Crippen molar-refractivity contribution < 1.29 is 13.2 Å². The molecular weight excluding hydrogens is 452 g/mol. The standard InChI is InChI=1S/C22H19ClN4O4S/c1-26-18-11-9-16(13-19(18)27(2)22(26)29)24-21(28)14-8-10-17(23)20(12-14)32(30,31)25-15-6-4-3-5-7-15/h3-13,25H,1-2H3,(H,24,28). The molecule has 1 amide bonds. The first-order valence-electron chi connectivity index (χ1n) is 9.51. The van der Waals surface area contributed by atoms with E-state index in [1.165, 1.54) is 27.3 Å². The van der Waals surface area contributed by atoms with Gasteiger partial charge in [-0.3, -0.25) is 18.7 Å². The first-order valence-corrected chi connectivity index (χ1v) is 11.4. The van der Waals surface area contributed by atoms with Gasteiger partial charge in [-0.25, -0.2) is 13.2 Å². The van der Waals surface area contributed by atoms with Gasteiger partial charge in [0.25, 0.3) is 15.9 Å². The minimum Gasteiger partial charge on any atom is -0.322 e. The van der Waals surface area contributed by atoms with Crippen molar-refractivity contribution in [3.05, 3.63) is 87.8 Å². The molecule has 2 N–H and O–H groups in total. The van der Waals surface area contributed by atoms with Crippen molar-refractivity contribution in [2.45, 2.75) is 4.90 Å². The molecule has 4 rings (SSSR count). The molecule has 0 saturated heterocycles. The number of rotatable bonds is 5. The SMILES string of the molecule is Cn1c(=O)n(C)c2cc(NC(=O)c3ccc(Cl)c(S(=O)(=O)Nc4ccccc4)c3)ccc21. The number of carbonyl (C=O) groups excluding carboxylic acids is 1. The second kappa shape index (κ2) is 8.18. The molecule has 32 heavy (non-hydrogen) atoms. The average molecular weight is 471 g/mol. The number of hydrogen-bond acceptors (Lipinski definition) is 4. The fourth-order valence-electron chi connectivity index (χ4n) is 3.35. The van der Waals surface area contributed by atoms with Crippen LogP contribution in [0.3, 0.4) is 0 Å².